The number of halogens is 3. The third-order valence-corrected chi connectivity index (χ3v) is 10.6. The standard InChI is InChI=1S/C28H33F3N6O4S2/c1-4-17-13-19(37-9-7-18(16-37)32-8-11-41-3)5-6-21(17)34-27-33-15-20(28(29,30)31)24(35-27)22-14-23-25(42-22)26(38)36(2)10-12-43(23,39)40/h5-6,13-15,18,32H,4,7-12,16H2,1-3H3,(H,33,34,35). The molecule has 1 fully saturated rings. The van der Waals surface area contributed by atoms with E-state index in [9.17, 15) is 26.4 Å². The van der Waals surface area contributed by atoms with Crippen LogP contribution in [0.25, 0.3) is 10.6 Å². The lowest BCUT2D eigenvalue weighted by Crippen LogP contribution is -2.34. The molecule has 0 spiro atoms. The highest BCUT2D eigenvalue weighted by Gasteiger charge is 2.38. The fraction of sp³-hybridized carbons (Fsp3) is 0.464. The molecule has 1 aromatic carbocycles. The SMILES string of the molecule is CCc1cc(N2CCC(NCCOC)C2)ccc1Nc1ncc(C(F)(F)F)c(-c2cc3c(s2)C(=O)N(C)CCS3(=O)=O)n1. The fourth-order valence-electron chi connectivity index (χ4n) is 5.19. The first-order valence-electron chi connectivity index (χ1n) is 13.8. The number of anilines is 3. The van der Waals surface area contributed by atoms with Crippen molar-refractivity contribution in [2.45, 2.75) is 36.9 Å². The molecular weight excluding hydrogens is 605 g/mol. The van der Waals surface area contributed by atoms with Crippen LogP contribution < -0.4 is 15.5 Å². The maximum atomic E-state index is 14.1. The number of carbonyl (C=O) groups excluding carboxylic acids is 1. The monoisotopic (exact) mass is 638 g/mol. The van der Waals surface area contributed by atoms with Crippen molar-refractivity contribution >= 4 is 44.4 Å². The molecule has 232 valence electrons. The van der Waals surface area contributed by atoms with E-state index in [4.69, 9.17) is 4.74 Å². The van der Waals surface area contributed by atoms with Crippen molar-refractivity contribution in [3.63, 3.8) is 0 Å². The van der Waals surface area contributed by atoms with E-state index in [2.05, 4.69) is 25.5 Å². The first-order chi connectivity index (χ1) is 20.4. The molecule has 15 heteroatoms. The Kier molecular flexibility index (Phi) is 8.97. The number of ether oxygens (including phenoxy) is 1. The van der Waals surface area contributed by atoms with Gasteiger partial charge in [0.2, 0.25) is 5.95 Å². The van der Waals surface area contributed by atoms with E-state index < -0.39 is 33.2 Å². The van der Waals surface area contributed by atoms with Crippen molar-refractivity contribution in [3.05, 3.63) is 46.5 Å². The maximum absolute atomic E-state index is 14.1. The molecular formula is C28H33F3N6O4S2. The summed E-state index contributed by atoms with van der Waals surface area (Å²) in [5.41, 5.74) is 1.01. The molecule has 0 aliphatic carbocycles. The number of sulfone groups is 1. The highest BCUT2D eigenvalue weighted by molar-refractivity contribution is 7.91. The molecule has 4 heterocycles. The highest BCUT2D eigenvalue weighted by Crippen LogP contribution is 2.42. The summed E-state index contributed by atoms with van der Waals surface area (Å²) in [6, 6.07) is 7.33. The second-order valence-electron chi connectivity index (χ2n) is 10.5. The van der Waals surface area contributed by atoms with Crippen molar-refractivity contribution in [1.29, 1.82) is 0 Å². The van der Waals surface area contributed by atoms with E-state index >= 15 is 0 Å². The number of hydrogen-bond donors (Lipinski definition) is 2. The molecule has 0 bridgehead atoms. The highest BCUT2D eigenvalue weighted by atomic mass is 32.2. The molecule has 5 rings (SSSR count). The van der Waals surface area contributed by atoms with Gasteiger partial charge in [-0.05, 0) is 42.7 Å². The summed E-state index contributed by atoms with van der Waals surface area (Å²) < 4.78 is 72.9. The Labute approximate surface area is 252 Å². The lowest BCUT2D eigenvalue weighted by Gasteiger charge is -2.21. The minimum Gasteiger partial charge on any atom is -0.383 e. The van der Waals surface area contributed by atoms with E-state index in [1.165, 1.54) is 11.9 Å². The summed E-state index contributed by atoms with van der Waals surface area (Å²) in [5.74, 6) is -0.959. The Hall–Kier alpha value is -3.27. The summed E-state index contributed by atoms with van der Waals surface area (Å²) >= 11 is 0.685. The van der Waals surface area contributed by atoms with Crippen molar-refractivity contribution in [2.24, 2.45) is 0 Å². The summed E-state index contributed by atoms with van der Waals surface area (Å²) in [7, 11) is -0.746. The van der Waals surface area contributed by atoms with Crippen molar-refractivity contribution < 1.29 is 31.1 Å². The number of nitrogens with one attached hydrogen (secondary N) is 2. The van der Waals surface area contributed by atoms with Crippen LogP contribution in [0.3, 0.4) is 0 Å². The van der Waals surface area contributed by atoms with E-state index in [0.29, 0.717) is 42.3 Å². The van der Waals surface area contributed by atoms with Crippen LogP contribution in [-0.2, 0) is 27.2 Å². The third-order valence-electron chi connectivity index (χ3n) is 7.61. The van der Waals surface area contributed by atoms with Gasteiger partial charge in [0, 0.05) is 63.9 Å². The predicted octanol–water partition coefficient (Wildman–Crippen LogP) is 4.20. The number of thiophene rings is 1. The molecule has 1 unspecified atom stereocenters. The zero-order valence-electron chi connectivity index (χ0n) is 24.0. The molecule has 1 atom stereocenters. The number of carbonyl (C=O) groups is 1. The minimum atomic E-state index is -4.81. The first kappa shape index (κ1) is 31.2. The second-order valence-corrected chi connectivity index (χ2v) is 13.6. The Bertz CT molecular complexity index is 1610. The Morgan fingerprint density at radius 3 is 2.72 bits per heavy atom. The van der Waals surface area contributed by atoms with Gasteiger partial charge in [0.05, 0.1) is 27.8 Å². The molecule has 0 radical (unpaired) electrons. The molecule has 1 saturated heterocycles. The number of hydrogen-bond acceptors (Lipinski definition) is 10. The Balaban J connectivity index is 1.45. The van der Waals surface area contributed by atoms with Crippen LogP contribution >= 0.6 is 11.3 Å². The van der Waals surface area contributed by atoms with Gasteiger partial charge >= 0.3 is 6.18 Å². The van der Waals surface area contributed by atoms with E-state index in [1.54, 1.807) is 7.11 Å². The van der Waals surface area contributed by atoms with Gasteiger partial charge in [-0.25, -0.2) is 18.4 Å². The quantitative estimate of drug-likeness (QED) is 0.333. The molecule has 2 aliphatic heterocycles. The smallest absolute Gasteiger partial charge is 0.383 e. The van der Waals surface area contributed by atoms with Gasteiger partial charge in [-0.1, -0.05) is 6.92 Å². The number of benzene rings is 1. The molecule has 2 aliphatic rings. The van der Waals surface area contributed by atoms with Crippen molar-refractivity contribution in [3.8, 4) is 10.6 Å². The molecule has 0 saturated carbocycles. The van der Waals surface area contributed by atoms with Gasteiger partial charge < -0.3 is 25.2 Å². The van der Waals surface area contributed by atoms with E-state index in [0.717, 1.165) is 43.4 Å². The van der Waals surface area contributed by atoms with Gasteiger partial charge in [-0.15, -0.1) is 11.3 Å². The minimum absolute atomic E-state index is 0.00452. The van der Waals surface area contributed by atoms with Gasteiger partial charge in [-0.2, -0.15) is 13.2 Å². The molecule has 43 heavy (non-hydrogen) atoms. The topological polar surface area (TPSA) is 117 Å². The number of methoxy groups -OCH3 is 1. The average molecular weight is 639 g/mol. The zero-order chi connectivity index (χ0) is 30.9. The predicted molar refractivity (Wildman–Crippen MR) is 159 cm³/mol. The Morgan fingerprint density at radius 2 is 2.00 bits per heavy atom. The number of aryl methyl sites for hydroxylation is 1. The summed E-state index contributed by atoms with van der Waals surface area (Å²) in [6.45, 7) is 5.15. The lowest BCUT2D eigenvalue weighted by molar-refractivity contribution is -0.137. The summed E-state index contributed by atoms with van der Waals surface area (Å²) in [6.07, 6.45) is -2.48. The van der Waals surface area contributed by atoms with Crippen LogP contribution in [0, 0.1) is 0 Å². The number of rotatable bonds is 9. The summed E-state index contributed by atoms with van der Waals surface area (Å²) in [5, 5.41) is 6.54. The third kappa shape index (κ3) is 6.64. The van der Waals surface area contributed by atoms with E-state index in [-0.39, 0.29) is 32.9 Å². The number of amides is 1. The van der Waals surface area contributed by atoms with E-state index in [1.807, 2.05) is 25.1 Å². The number of alkyl halides is 3. The van der Waals surface area contributed by atoms with Crippen LogP contribution in [-0.4, -0.2) is 87.9 Å². The number of nitrogens with zero attached hydrogens (tertiary/aromatic N) is 4. The van der Waals surface area contributed by atoms with Crippen LogP contribution in [0.4, 0.5) is 30.5 Å². The maximum Gasteiger partial charge on any atom is 0.420 e. The number of fused-ring (bicyclic) bond motifs is 1. The normalized spacial score (nSPS) is 18.6. The fourth-order valence-corrected chi connectivity index (χ4v) is 8.22. The molecule has 10 nitrogen and oxygen atoms in total. The largest absolute Gasteiger partial charge is 0.420 e. The second kappa shape index (κ2) is 12.4. The van der Waals surface area contributed by atoms with Crippen molar-refractivity contribution in [2.75, 3.05) is 62.9 Å². The molecule has 1 amide bonds. The van der Waals surface area contributed by atoms with Gasteiger partial charge in [0.15, 0.2) is 9.84 Å². The molecule has 2 N–H and O–H groups in total. The van der Waals surface area contributed by atoms with Crippen molar-refractivity contribution in [1.82, 2.24) is 20.2 Å². The van der Waals surface area contributed by atoms with Gasteiger partial charge in [0.1, 0.15) is 10.4 Å². The first-order valence-corrected chi connectivity index (χ1v) is 16.3. The Morgan fingerprint density at radius 1 is 1.21 bits per heavy atom. The molecule has 3 aromatic rings. The summed E-state index contributed by atoms with van der Waals surface area (Å²) in [4.78, 5) is 24.0. The zero-order valence-corrected chi connectivity index (χ0v) is 25.6. The van der Waals surface area contributed by atoms with Crippen LogP contribution in [0.2, 0.25) is 0 Å². The van der Waals surface area contributed by atoms with Crippen LogP contribution in [0.1, 0.15) is 34.1 Å². The lowest BCUT2D eigenvalue weighted by atomic mass is 10.1. The molecule has 2 aromatic heterocycles. The van der Waals surface area contributed by atoms with Crippen LogP contribution in [0.15, 0.2) is 35.4 Å². The van der Waals surface area contributed by atoms with Gasteiger partial charge in [0.25, 0.3) is 5.91 Å². The van der Waals surface area contributed by atoms with Crippen LogP contribution in [0.5, 0.6) is 0 Å². The van der Waals surface area contributed by atoms with Gasteiger partial charge in [-0.3, -0.25) is 4.79 Å². The average Bonchev–Trinajstić information content (AvgIpc) is 3.62. The number of aromatic nitrogens is 2.